The van der Waals surface area contributed by atoms with Crippen LogP contribution < -0.4 is 19.4 Å². The molecular weight excluding hydrogens is 688 g/mol. The zero-order valence-electron chi connectivity index (χ0n) is 26.9. The first-order chi connectivity index (χ1) is 24.0. The summed E-state index contributed by atoms with van der Waals surface area (Å²) in [6.45, 7) is 2.69. The predicted molar refractivity (Wildman–Crippen MR) is 183 cm³/mol. The molecule has 6 unspecified atom stereocenters. The van der Waals surface area contributed by atoms with Gasteiger partial charge in [-0.2, -0.15) is 0 Å². The first-order valence-electron chi connectivity index (χ1n) is 16.4. The number of phenolic OH excluding ortho intramolecular Hbond substituents is 1. The summed E-state index contributed by atoms with van der Waals surface area (Å²) in [6, 6.07) is 16.6. The van der Waals surface area contributed by atoms with E-state index in [2.05, 4.69) is 4.90 Å². The molecule has 2 aliphatic carbocycles. The number of hydrogen-bond acceptors (Lipinski definition) is 8. The monoisotopic (exact) mass is 719 g/mol. The Bertz CT molecular complexity index is 1970. The zero-order valence-corrected chi connectivity index (χ0v) is 28.4. The molecule has 8 rings (SSSR count). The molecule has 3 saturated heterocycles. The minimum Gasteiger partial charge on any atom is -0.508 e. The van der Waals surface area contributed by atoms with Crippen LogP contribution in [0, 0.1) is 23.6 Å². The van der Waals surface area contributed by atoms with Crippen molar-refractivity contribution in [2.45, 2.75) is 28.5 Å². The lowest BCUT2D eigenvalue weighted by Crippen LogP contribution is -2.60. The van der Waals surface area contributed by atoms with Crippen LogP contribution in [-0.2, 0) is 23.9 Å². The number of aromatic hydroxyl groups is 1. The van der Waals surface area contributed by atoms with E-state index in [-0.39, 0.29) is 35.7 Å². The second kappa shape index (κ2) is 11.8. The Labute approximate surface area is 296 Å². The zero-order chi connectivity index (χ0) is 35.1. The Hall–Kier alpha value is -4.45. The van der Waals surface area contributed by atoms with E-state index >= 15 is 0 Å². The van der Waals surface area contributed by atoms with Crippen molar-refractivity contribution in [2.24, 2.45) is 17.8 Å². The van der Waals surface area contributed by atoms with E-state index in [1.54, 1.807) is 30.3 Å². The molecule has 258 valence electrons. The maximum atomic E-state index is 14.5. The lowest BCUT2D eigenvalue weighted by Gasteiger charge is -2.50. The quantitative estimate of drug-likeness (QED) is 0.219. The molecule has 3 heterocycles. The van der Waals surface area contributed by atoms with Crippen molar-refractivity contribution in [2.75, 3.05) is 48.1 Å². The number of fused-ring (bicyclic) bond motifs is 4. The summed E-state index contributed by atoms with van der Waals surface area (Å²) >= 11 is 14.8. The van der Waals surface area contributed by atoms with Crippen LogP contribution in [0.3, 0.4) is 0 Å². The van der Waals surface area contributed by atoms with Crippen molar-refractivity contribution >= 4 is 63.9 Å². The average molecular weight is 721 g/mol. The highest BCUT2D eigenvalue weighted by Gasteiger charge is 2.77. The number of benzene rings is 3. The molecule has 3 aliphatic heterocycles. The lowest BCUT2D eigenvalue weighted by atomic mass is 9.56. The van der Waals surface area contributed by atoms with Gasteiger partial charge in [-0.15, -0.1) is 23.2 Å². The van der Waals surface area contributed by atoms with Gasteiger partial charge in [0.15, 0.2) is 9.75 Å². The Morgan fingerprint density at radius 2 is 1.48 bits per heavy atom. The minimum absolute atomic E-state index is 0.0715. The topological polar surface area (TPSA) is 117 Å². The van der Waals surface area contributed by atoms with E-state index in [0.717, 1.165) is 35.8 Å². The van der Waals surface area contributed by atoms with Crippen LogP contribution in [0.15, 0.2) is 78.4 Å². The number of carbonyl (C=O) groups excluding carboxylic acids is 4. The number of alkyl halides is 2. The number of carbonyl (C=O) groups is 4. The fraction of sp³-hybridized carbons (Fsp3) is 0.351. The average Bonchev–Trinajstić information content (AvgIpc) is 3.47. The summed E-state index contributed by atoms with van der Waals surface area (Å²) < 4.78 is 24.6. The van der Waals surface area contributed by atoms with Gasteiger partial charge in [-0.3, -0.25) is 24.1 Å². The molecule has 13 heteroatoms. The van der Waals surface area contributed by atoms with E-state index in [4.69, 9.17) is 32.7 Å². The Balaban J connectivity index is 1.22. The molecule has 5 aliphatic rings. The molecular formula is C37H32Cl2FN3O7. The number of amides is 4. The van der Waals surface area contributed by atoms with Crippen molar-refractivity contribution in [3.8, 4) is 11.5 Å². The summed E-state index contributed by atoms with van der Waals surface area (Å²) in [6.07, 6.45) is 1.74. The maximum Gasteiger partial charge on any atom is 0.258 e. The first kappa shape index (κ1) is 32.7. The number of allylic oxidation sites excluding steroid dienone is 2. The maximum absolute atomic E-state index is 14.5. The Kier molecular flexibility index (Phi) is 7.74. The normalized spacial score (nSPS) is 30.6. The molecule has 3 aromatic carbocycles. The summed E-state index contributed by atoms with van der Waals surface area (Å²) in [5, 5.41) is 11.3. The number of rotatable bonds is 5. The summed E-state index contributed by atoms with van der Waals surface area (Å²) in [7, 11) is 1.44. The number of anilines is 3. The Morgan fingerprint density at radius 1 is 0.840 bits per heavy atom. The van der Waals surface area contributed by atoms with Crippen LogP contribution in [-0.4, -0.2) is 71.9 Å². The molecule has 6 atom stereocenters. The summed E-state index contributed by atoms with van der Waals surface area (Å²) in [5.41, 5.74) is 2.18. The molecule has 0 radical (unpaired) electrons. The van der Waals surface area contributed by atoms with Gasteiger partial charge in [0.2, 0.25) is 11.8 Å². The van der Waals surface area contributed by atoms with Gasteiger partial charge in [0, 0.05) is 36.3 Å². The van der Waals surface area contributed by atoms with Gasteiger partial charge < -0.3 is 19.5 Å². The van der Waals surface area contributed by atoms with Crippen molar-refractivity contribution in [3.63, 3.8) is 0 Å². The van der Waals surface area contributed by atoms with Crippen molar-refractivity contribution in [1.29, 1.82) is 0 Å². The number of imide groups is 2. The molecule has 4 fully saturated rings. The summed E-state index contributed by atoms with van der Waals surface area (Å²) in [4.78, 5) is 57.3. The highest BCUT2D eigenvalue weighted by atomic mass is 35.5. The smallest absolute Gasteiger partial charge is 0.258 e. The number of phenols is 1. The van der Waals surface area contributed by atoms with E-state index in [0.29, 0.717) is 30.2 Å². The van der Waals surface area contributed by atoms with Gasteiger partial charge in [-0.05, 0) is 73.4 Å². The molecule has 0 aromatic heterocycles. The van der Waals surface area contributed by atoms with Gasteiger partial charge in [-0.1, -0.05) is 17.7 Å². The molecule has 50 heavy (non-hydrogen) atoms. The molecule has 0 bridgehead atoms. The predicted octanol–water partition coefficient (Wildman–Crippen LogP) is 5.14. The fourth-order valence-corrected chi connectivity index (χ4v) is 9.45. The summed E-state index contributed by atoms with van der Waals surface area (Å²) in [5.74, 6) is -6.61. The van der Waals surface area contributed by atoms with Crippen LogP contribution in [0.2, 0.25) is 0 Å². The lowest BCUT2D eigenvalue weighted by molar-refractivity contribution is -0.125. The largest absolute Gasteiger partial charge is 0.508 e. The number of halogens is 3. The molecule has 0 spiro atoms. The second-order valence-corrected chi connectivity index (χ2v) is 14.5. The molecule has 10 nitrogen and oxygen atoms in total. The van der Waals surface area contributed by atoms with Crippen LogP contribution >= 0.6 is 23.2 Å². The number of hydrogen-bond donors (Lipinski definition) is 1. The highest BCUT2D eigenvalue weighted by Crippen LogP contribution is 2.66. The highest BCUT2D eigenvalue weighted by molar-refractivity contribution is 6.58. The number of ether oxygens (including phenoxy) is 2. The third kappa shape index (κ3) is 4.56. The number of nitrogens with zero attached hydrogens (tertiary/aromatic N) is 3. The van der Waals surface area contributed by atoms with E-state index < -0.39 is 57.0 Å². The van der Waals surface area contributed by atoms with Crippen LogP contribution in [0.5, 0.6) is 11.5 Å². The van der Waals surface area contributed by atoms with Crippen LogP contribution in [0.1, 0.15) is 24.3 Å². The van der Waals surface area contributed by atoms with Crippen molar-refractivity contribution in [1.82, 2.24) is 0 Å². The van der Waals surface area contributed by atoms with Crippen molar-refractivity contribution < 1.29 is 38.1 Å². The van der Waals surface area contributed by atoms with Gasteiger partial charge in [0.05, 0.1) is 43.5 Å². The van der Waals surface area contributed by atoms with Crippen LogP contribution in [0.25, 0.3) is 0 Å². The molecule has 4 amide bonds. The number of methoxy groups -OCH3 is 1. The third-order valence-corrected chi connectivity index (χ3v) is 12.3. The van der Waals surface area contributed by atoms with E-state index in [1.165, 1.54) is 30.2 Å². The van der Waals surface area contributed by atoms with E-state index in [9.17, 15) is 28.7 Å². The van der Waals surface area contributed by atoms with Gasteiger partial charge in [-0.25, -0.2) is 9.29 Å². The minimum atomic E-state index is -2.16. The van der Waals surface area contributed by atoms with Crippen LogP contribution in [0.4, 0.5) is 21.5 Å². The van der Waals surface area contributed by atoms with Gasteiger partial charge in [0.25, 0.3) is 11.8 Å². The first-order valence-corrected chi connectivity index (χ1v) is 17.1. The van der Waals surface area contributed by atoms with Gasteiger partial charge >= 0.3 is 0 Å². The third-order valence-electron chi connectivity index (χ3n) is 10.9. The molecule has 1 N–H and O–H groups in total. The SMILES string of the molecule is COc1ccc(C2C3=CCC4C(=O)N(c5ccc(N6CCOCC6)cc5)C(=O)C4C3CC3(Cl)C(=O)N(c4ccc(F)cc4)C(=O)C23Cl)c(O)c1. The molecule has 1 saturated carbocycles. The van der Waals surface area contributed by atoms with E-state index in [1.807, 2.05) is 12.1 Å². The van der Waals surface area contributed by atoms with Crippen molar-refractivity contribution in [3.05, 3.63) is 89.8 Å². The fourth-order valence-electron chi connectivity index (χ4n) is 8.53. The number of morpholine rings is 1. The molecule has 3 aromatic rings. The standard InChI is InChI=1S/C37H32Cl2FN3O7/c1-49-24-10-11-26(29(44)18-24)31-25-12-13-27-30(33(46)42(32(27)45)22-8-6-21(7-9-22)41-14-16-50-17-15-41)28(25)19-36(38)34(47)43(35(48)37(31,36)39)23-4-2-20(40)3-5-23/h2-12,18,27-28,30-31,44H,13-17,19H2,1H3. The van der Waals surface area contributed by atoms with Gasteiger partial charge in [0.1, 0.15) is 17.3 Å². The second-order valence-electron chi connectivity index (χ2n) is 13.3. The Morgan fingerprint density at radius 3 is 2.14 bits per heavy atom.